The first kappa shape index (κ1) is 23.4. The van der Waals surface area contributed by atoms with Gasteiger partial charge in [0, 0.05) is 13.1 Å². The molecule has 178 valence electrons. The van der Waals surface area contributed by atoms with Gasteiger partial charge in [0.05, 0.1) is 32.6 Å². The van der Waals surface area contributed by atoms with Crippen LogP contribution in [0.3, 0.4) is 0 Å². The number of ether oxygens (including phenoxy) is 2. The Hall–Kier alpha value is -3.72. The SMILES string of the molecule is COc1cccc(Cn2c(=O)c(C(=O)N3CCOCC3)nn(-c3ccc(C(C)C)cc3)c2=O)c1. The predicted molar refractivity (Wildman–Crippen MR) is 127 cm³/mol. The molecule has 1 fully saturated rings. The second-order valence-electron chi connectivity index (χ2n) is 8.44. The highest BCUT2D eigenvalue weighted by molar-refractivity contribution is 5.91. The monoisotopic (exact) mass is 464 g/mol. The van der Waals surface area contributed by atoms with Gasteiger partial charge in [0.1, 0.15) is 5.75 Å². The van der Waals surface area contributed by atoms with Crippen LogP contribution in [0.1, 0.15) is 41.4 Å². The van der Waals surface area contributed by atoms with Gasteiger partial charge >= 0.3 is 5.69 Å². The van der Waals surface area contributed by atoms with E-state index in [1.807, 2.05) is 12.1 Å². The molecule has 1 aliphatic heterocycles. The molecule has 0 radical (unpaired) electrons. The van der Waals surface area contributed by atoms with Gasteiger partial charge < -0.3 is 14.4 Å². The van der Waals surface area contributed by atoms with Gasteiger partial charge in [-0.3, -0.25) is 14.2 Å². The van der Waals surface area contributed by atoms with E-state index >= 15 is 0 Å². The summed E-state index contributed by atoms with van der Waals surface area (Å²) in [5.41, 5.74) is 0.632. The lowest BCUT2D eigenvalue weighted by Crippen LogP contribution is -2.48. The number of carbonyl (C=O) groups excluding carboxylic acids is 1. The van der Waals surface area contributed by atoms with E-state index in [4.69, 9.17) is 9.47 Å². The molecule has 1 aromatic heterocycles. The molecule has 1 aliphatic rings. The quantitative estimate of drug-likeness (QED) is 0.554. The highest BCUT2D eigenvalue weighted by Gasteiger charge is 2.26. The highest BCUT2D eigenvalue weighted by atomic mass is 16.5. The summed E-state index contributed by atoms with van der Waals surface area (Å²) in [5, 5.41) is 4.24. The molecule has 3 aromatic rings. The number of rotatable bonds is 6. The van der Waals surface area contributed by atoms with Crippen LogP contribution in [-0.4, -0.2) is 58.6 Å². The normalized spacial score (nSPS) is 13.8. The van der Waals surface area contributed by atoms with Gasteiger partial charge in [0.15, 0.2) is 0 Å². The van der Waals surface area contributed by atoms with Crippen LogP contribution in [0.2, 0.25) is 0 Å². The van der Waals surface area contributed by atoms with Gasteiger partial charge in [-0.1, -0.05) is 38.1 Å². The summed E-state index contributed by atoms with van der Waals surface area (Å²) >= 11 is 0. The van der Waals surface area contributed by atoms with Gasteiger partial charge in [-0.15, -0.1) is 0 Å². The number of methoxy groups -OCH3 is 1. The lowest BCUT2D eigenvalue weighted by atomic mass is 10.0. The average molecular weight is 465 g/mol. The van der Waals surface area contributed by atoms with Crippen LogP contribution in [0, 0.1) is 0 Å². The Bertz CT molecular complexity index is 1290. The summed E-state index contributed by atoms with van der Waals surface area (Å²) in [6.45, 7) is 5.63. The van der Waals surface area contributed by atoms with Crippen molar-refractivity contribution in [2.75, 3.05) is 33.4 Å². The lowest BCUT2D eigenvalue weighted by Gasteiger charge is -2.26. The summed E-state index contributed by atoms with van der Waals surface area (Å²) < 4.78 is 12.8. The molecule has 0 spiro atoms. The summed E-state index contributed by atoms with van der Waals surface area (Å²) in [5.74, 6) is 0.410. The van der Waals surface area contributed by atoms with Crippen molar-refractivity contribution in [2.24, 2.45) is 0 Å². The van der Waals surface area contributed by atoms with Crippen LogP contribution >= 0.6 is 0 Å². The van der Waals surface area contributed by atoms with Crippen molar-refractivity contribution >= 4 is 5.91 Å². The Morgan fingerprint density at radius 3 is 2.44 bits per heavy atom. The van der Waals surface area contributed by atoms with Crippen LogP contribution in [0.5, 0.6) is 5.75 Å². The van der Waals surface area contributed by atoms with E-state index in [9.17, 15) is 14.4 Å². The van der Waals surface area contributed by atoms with Crippen molar-refractivity contribution in [1.82, 2.24) is 19.2 Å². The molecule has 34 heavy (non-hydrogen) atoms. The zero-order valence-corrected chi connectivity index (χ0v) is 19.6. The standard InChI is InChI=1S/C25H28N4O5/c1-17(2)19-7-9-20(10-8-19)29-25(32)28(16-18-5-4-6-21(15-18)33-3)24(31)22(26-29)23(30)27-11-13-34-14-12-27/h4-10,15,17H,11-14,16H2,1-3H3. The molecule has 0 atom stereocenters. The van der Waals surface area contributed by atoms with Crippen LogP contribution in [0.25, 0.3) is 5.69 Å². The minimum Gasteiger partial charge on any atom is -0.497 e. The molecule has 2 heterocycles. The molecular weight excluding hydrogens is 436 g/mol. The van der Waals surface area contributed by atoms with Crippen LogP contribution in [-0.2, 0) is 11.3 Å². The first-order valence-electron chi connectivity index (χ1n) is 11.2. The topological polar surface area (TPSA) is 95.7 Å². The molecule has 0 aliphatic carbocycles. The smallest absolute Gasteiger partial charge is 0.352 e. The second-order valence-corrected chi connectivity index (χ2v) is 8.44. The Labute approximate surface area is 197 Å². The molecular formula is C25H28N4O5. The maximum atomic E-state index is 13.4. The summed E-state index contributed by atoms with van der Waals surface area (Å²) in [6.07, 6.45) is 0. The first-order valence-corrected chi connectivity index (χ1v) is 11.2. The number of hydrogen-bond donors (Lipinski definition) is 0. The third kappa shape index (κ3) is 4.79. The molecule has 0 bridgehead atoms. The highest BCUT2D eigenvalue weighted by Crippen LogP contribution is 2.16. The summed E-state index contributed by atoms with van der Waals surface area (Å²) in [7, 11) is 1.55. The number of amides is 1. The van der Waals surface area contributed by atoms with Gasteiger partial charge in [0.2, 0.25) is 5.69 Å². The molecule has 0 unspecified atom stereocenters. The first-order chi connectivity index (χ1) is 16.4. The van der Waals surface area contributed by atoms with E-state index in [2.05, 4.69) is 18.9 Å². The van der Waals surface area contributed by atoms with Crippen molar-refractivity contribution in [3.8, 4) is 11.4 Å². The zero-order valence-electron chi connectivity index (χ0n) is 19.6. The van der Waals surface area contributed by atoms with Crippen molar-refractivity contribution in [2.45, 2.75) is 26.3 Å². The fourth-order valence-corrected chi connectivity index (χ4v) is 3.83. The Balaban J connectivity index is 1.84. The second kappa shape index (κ2) is 10.0. The third-order valence-electron chi connectivity index (χ3n) is 5.84. The van der Waals surface area contributed by atoms with Crippen molar-refractivity contribution < 1.29 is 14.3 Å². The minimum atomic E-state index is -0.723. The molecule has 9 nitrogen and oxygen atoms in total. The predicted octanol–water partition coefficient (Wildman–Crippen LogP) is 2.05. The van der Waals surface area contributed by atoms with E-state index in [0.717, 1.165) is 14.8 Å². The van der Waals surface area contributed by atoms with E-state index in [0.29, 0.717) is 49.2 Å². The fraction of sp³-hybridized carbons (Fsp3) is 0.360. The molecule has 0 saturated carbocycles. The number of aromatic nitrogens is 3. The Morgan fingerprint density at radius 2 is 1.79 bits per heavy atom. The molecule has 2 aromatic carbocycles. The average Bonchev–Trinajstić information content (AvgIpc) is 2.87. The number of morpholine rings is 1. The van der Waals surface area contributed by atoms with E-state index in [1.54, 1.807) is 43.5 Å². The summed E-state index contributed by atoms with van der Waals surface area (Å²) in [4.78, 5) is 41.5. The van der Waals surface area contributed by atoms with Gasteiger partial charge in [-0.2, -0.15) is 9.78 Å². The molecule has 9 heteroatoms. The Morgan fingerprint density at radius 1 is 1.09 bits per heavy atom. The minimum absolute atomic E-state index is 0.0230. The third-order valence-corrected chi connectivity index (χ3v) is 5.84. The van der Waals surface area contributed by atoms with Crippen LogP contribution < -0.4 is 16.0 Å². The van der Waals surface area contributed by atoms with Crippen LogP contribution in [0.4, 0.5) is 0 Å². The zero-order chi connectivity index (χ0) is 24.2. The molecule has 0 N–H and O–H groups in total. The summed E-state index contributed by atoms with van der Waals surface area (Å²) in [6, 6.07) is 14.5. The maximum absolute atomic E-state index is 13.4. The van der Waals surface area contributed by atoms with Gasteiger partial charge in [0.25, 0.3) is 11.5 Å². The van der Waals surface area contributed by atoms with Crippen LogP contribution in [0.15, 0.2) is 58.1 Å². The van der Waals surface area contributed by atoms with E-state index < -0.39 is 17.2 Å². The van der Waals surface area contributed by atoms with Crippen molar-refractivity contribution in [1.29, 1.82) is 0 Å². The van der Waals surface area contributed by atoms with Crippen molar-refractivity contribution in [3.05, 3.63) is 86.2 Å². The largest absolute Gasteiger partial charge is 0.497 e. The molecule has 4 rings (SSSR count). The van der Waals surface area contributed by atoms with E-state index in [-0.39, 0.29) is 12.2 Å². The van der Waals surface area contributed by atoms with Crippen molar-refractivity contribution in [3.63, 3.8) is 0 Å². The Kier molecular flexibility index (Phi) is 6.93. The lowest BCUT2D eigenvalue weighted by molar-refractivity contribution is 0.0295. The van der Waals surface area contributed by atoms with Gasteiger partial charge in [-0.05, 0) is 41.3 Å². The molecule has 1 amide bonds. The fourth-order valence-electron chi connectivity index (χ4n) is 3.83. The maximum Gasteiger partial charge on any atom is 0.352 e. The van der Waals surface area contributed by atoms with E-state index in [1.165, 1.54) is 4.90 Å². The molecule has 1 saturated heterocycles. The number of hydrogen-bond acceptors (Lipinski definition) is 6. The van der Waals surface area contributed by atoms with Gasteiger partial charge in [-0.25, -0.2) is 4.79 Å². The number of carbonyl (C=O) groups is 1. The number of benzene rings is 2. The number of nitrogens with zero attached hydrogens (tertiary/aromatic N) is 4.